The normalized spacial score (nSPS) is 15.0. The molecule has 1 N–H and O–H groups in total. The van der Waals surface area contributed by atoms with E-state index in [1.807, 2.05) is 0 Å². The second-order valence-corrected chi connectivity index (χ2v) is 9.27. The van der Waals surface area contributed by atoms with Gasteiger partial charge in [0.25, 0.3) is 0 Å². The highest BCUT2D eigenvalue weighted by molar-refractivity contribution is 9.10. The summed E-state index contributed by atoms with van der Waals surface area (Å²) in [7, 11) is 0. The number of Topliss-reactive ketones (excluding diaryl/α,β-unsaturated/α-hetero) is 1. The lowest BCUT2D eigenvalue weighted by atomic mass is 10.1. The number of ether oxygens (including phenoxy) is 1. The van der Waals surface area contributed by atoms with E-state index in [1.54, 1.807) is 45.0 Å². The van der Waals surface area contributed by atoms with Crippen LogP contribution in [0.2, 0.25) is 0 Å². The van der Waals surface area contributed by atoms with E-state index in [-0.39, 0.29) is 30.2 Å². The lowest BCUT2D eigenvalue weighted by Crippen LogP contribution is -2.46. The van der Waals surface area contributed by atoms with E-state index < -0.39 is 11.7 Å². The molecule has 1 aliphatic carbocycles. The number of carbonyl (C=O) groups is 3. The maximum atomic E-state index is 12.4. The molecular formula is C20H27BrN2O4. The maximum Gasteiger partial charge on any atom is 0.410 e. The predicted molar refractivity (Wildman–Crippen MR) is 107 cm³/mol. The van der Waals surface area contributed by atoms with Gasteiger partial charge in [-0.2, -0.15) is 0 Å². The third-order valence-electron chi connectivity index (χ3n) is 4.27. The molecule has 1 aromatic carbocycles. The van der Waals surface area contributed by atoms with E-state index in [1.165, 1.54) is 4.90 Å². The minimum absolute atomic E-state index is 0.0461. The Hall–Kier alpha value is -1.89. The summed E-state index contributed by atoms with van der Waals surface area (Å²) in [5, 5.41) is 2.60. The zero-order valence-corrected chi connectivity index (χ0v) is 17.9. The van der Waals surface area contributed by atoms with Gasteiger partial charge in [-0.3, -0.25) is 14.5 Å². The van der Waals surface area contributed by atoms with Crippen molar-refractivity contribution < 1.29 is 19.1 Å². The van der Waals surface area contributed by atoms with Crippen molar-refractivity contribution in [2.45, 2.75) is 46.1 Å². The third kappa shape index (κ3) is 7.33. The van der Waals surface area contributed by atoms with Gasteiger partial charge in [0.05, 0.1) is 6.54 Å². The van der Waals surface area contributed by atoms with Crippen molar-refractivity contribution in [3.05, 3.63) is 34.3 Å². The summed E-state index contributed by atoms with van der Waals surface area (Å²) in [6.07, 6.45) is 1.54. The number of rotatable bonds is 7. The van der Waals surface area contributed by atoms with Crippen molar-refractivity contribution in [2.24, 2.45) is 5.41 Å². The lowest BCUT2D eigenvalue weighted by molar-refractivity contribution is -0.122. The van der Waals surface area contributed by atoms with Crippen LogP contribution in [0.15, 0.2) is 28.7 Å². The summed E-state index contributed by atoms with van der Waals surface area (Å²) in [5.41, 5.74) is -0.0638. The van der Waals surface area contributed by atoms with Crippen molar-refractivity contribution in [3.8, 4) is 0 Å². The number of amides is 2. The molecule has 148 valence electrons. The number of carbonyl (C=O) groups excluding carboxylic acids is 3. The Morgan fingerprint density at radius 1 is 1.19 bits per heavy atom. The van der Waals surface area contributed by atoms with Gasteiger partial charge in [0.15, 0.2) is 5.78 Å². The van der Waals surface area contributed by atoms with Gasteiger partial charge in [0.2, 0.25) is 5.91 Å². The Morgan fingerprint density at radius 3 is 2.30 bits per heavy atom. The van der Waals surface area contributed by atoms with Gasteiger partial charge in [-0.1, -0.05) is 35.0 Å². The summed E-state index contributed by atoms with van der Waals surface area (Å²) < 4.78 is 6.30. The van der Waals surface area contributed by atoms with Crippen LogP contribution in [0.25, 0.3) is 0 Å². The number of nitrogens with zero attached hydrogens (tertiary/aromatic N) is 1. The maximum absolute atomic E-state index is 12.4. The van der Waals surface area contributed by atoms with E-state index in [2.05, 4.69) is 28.2 Å². The van der Waals surface area contributed by atoms with E-state index in [9.17, 15) is 14.4 Å². The van der Waals surface area contributed by atoms with Crippen LogP contribution in [0.5, 0.6) is 0 Å². The standard InChI is InChI=1S/C20H27BrN2O4/c1-19(2,3)27-18(26)23(13-20(4)9-10-20)12-17(25)22-11-16(24)14-5-7-15(21)8-6-14/h5-8H,9-13H2,1-4H3,(H,22,25). The van der Waals surface area contributed by atoms with Crippen LogP contribution in [0, 0.1) is 5.41 Å². The van der Waals surface area contributed by atoms with E-state index in [0.29, 0.717) is 12.1 Å². The summed E-state index contributed by atoms with van der Waals surface area (Å²) in [5.74, 6) is -0.565. The highest BCUT2D eigenvalue weighted by Crippen LogP contribution is 2.45. The average molecular weight is 439 g/mol. The SMILES string of the molecule is CC1(CN(CC(=O)NCC(=O)c2ccc(Br)cc2)C(=O)OC(C)(C)C)CC1. The minimum atomic E-state index is -0.631. The second-order valence-electron chi connectivity index (χ2n) is 8.35. The van der Waals surface area contributed by atoms with Gasteiger partial charge in [-0.25, -0.2) is 4.79 Å². The minimum Gasteiger partial charge on any atom is -0.444 e. The van der Waals surface area contributed by atoms with Crippen LogP contribution in [0.3, 0.4) is 0 Å². The van der Waals surface area contributed by atoms with E-state index in [4.69, 9.17) is 4.74 Å². The van der Waals surface area contributed by atoms with Crippen LogP contribution in [-0.4, -0.2) is 47.9 Å². The quantitative estimate of drug-likeness (QED) is 0.656. The Balaban J connectivity index is 1.91. The number of halogens is 1. The smallest absolute Gasteiger partial charge is 0.410 e. The summed E-state index contributed by atoms with van der Waals surface area (Å²) >= 11 is 3.32. The first kappa shape index (κ1) is 21.4. The van der Waals surface area contributed by atoms with Gasteiger partial charge in [-0.05, 0) is 51.2 Å². The zero-order valence-electron chi connectivity index (χ0n) is 16.3. The molecular weight excluding hydrogens is 412 g/mol. The van der Waals surface area contributed by atoms with Gasteiger partial charge in [-0.15, -0.1) is 0 Å². The number of ketones is 1. The van der Waals surface area contributed by atoms with Crippen LogP contribution < -0.4 is 5.32 Å². The van der Waals surface area contributed by atoms with Crippen LogP contribution in [0.4, 0.5) is 4.79 Å². The van der Waals surface area contributed by atoms with Crippen molar-refractivity contribution in [2.75, 3.05) is 19.6 Å². The Bertz CT molecular complexity index is 706. The molecule has 0 saturated heterocycles. The summed E-state index contributed by atoms with van der Waals surface area (Å²) in [6, 6.07) is 6.93. The van der Waals surface area contributed by atoms with E-state index >= 15 is 0 Å². The summed E-state index contributed by atoms with van der Waals surface area (Å²) in [6.45, 7) is 7.68. The van der Waals surface area contributed by atoms with Crippen molar-refractivity contribution in [3.63, 3.8) is 0 Å². The molecule has 1 aliphatic rings. The molecule has 1 saturated carbocycles. The Morgan fingerprint density at radius 2 is 1.78 bits per heavy atom. The fourth-order valence-corrected chi connectivity index (χ4v) is 2.75. The largest absolute Gasteiger partial charge is 0.444 e. The second kappa shape index (κ2) is 8.42. The predicted octanol–water partition coefficient (Wildman–Crippen LogP) is 3.79. The molecule has 27 heavy (non-hydrogen) atoms. The molecule has 2 rings (SSSR count). The van der Waals surface area contributed by atoms with Crippen LogP contribution >= 0.6 is 15.9 Å². The molecule has 1 aromatic rings. The number of nitrogens with one attached hydrogen (secondary N) is 1. The van der Waals surface area contributed by atoms with Crippen molar-refractivity contribution in [1.82, 2.24) is 10.2 Å². The molecule has 0 bridgehead atoms. The molecule has 0 aromatic heterocycles. The highest BCUT2D eigenvalue weighted by Gasteiger charge is 2.41. The topological polar surface area (TPSA) is 75.7 Å². The Kier molecular flexibility index (Phi) is 6.68. The van der Waals surface area contributed by atoms with Gasteiger partial charge in [0.1, 0.15) is 12.1 Å². The van der Waals surface area contributed by atoms with Gasteiger partial charge in [0, 0.05) is 16.6 Å². The first-order valence-corrected chi connectivity index (χ1v) is 9.80. The number of hydrogen-bond donors (Lipinski definition) is 1. The van der Waals surface area contributed by atoms with Crippen molar-refractivity contribution >= 4 is 33.7 Å². The fraction of sp³-hybridized carbons (Fsp3) is 0.550. The van der Waals surface area contributed by atoms with Gasteiger partial charge >= 0.3 is 6.09 Å². The average Bonchev–Trinajstić information content (AvgIpc) is 3.28. The van der Waals surface area contributed by atoms with Crippen molar-refractivity contribution in [1.29, 1.82) is 0 Å². The third-order valence-corrected chi connectivity index (χ3v) is 4.80. The Labute approximate surface area is 168 Å². The fourth-order valence-electron chi connectivity index (χ4n) is 2.49. The first-order valence-electron chi connectivity index (χ1n) is 9.01. The lowest BCUT2D eigenvalue weighted by Gasteiger charge is -2.29. The van der Waals surface area contributed by atoms with E-state index in [0.717, 1.165) is 17.3 Å². The molecule has 0 heterocycles. The number of hydrogen-bond acceptors (Lipinski definition) is 4. The van der Waals surface area contributed by atoms with Crippen LogP contribution in [0.1, 0.15) is 50.9 Å². The molecule has 7 heteroatoms. The summed E-state index contributed by atoms with van der Waals surface area (Å²) in [4.78, 5) is 38.3. The highest BCUT2D eigenvalue weighted by atomic mass is 79.9. The molecule has 6 nitrogen and oxygen atoms in total. The molecule has 0 spiro atoms. The molecule has 0 unspecified atom stereocenters. The zero-order chi connectivity index (χ0) is 20.2. The monoisotopic (exact) mass is 438 g/mol. The number of benzene rings is 1. The molecule has 0 aliphatic heterocycles. The molecule has 2 amide bonds. The van der Waals surface area contributed by atoms with Crippen LogP contribution in [-0.2, 0) is 9.53 Å². The molecule has 0 radical (unpaired) electrons. The first-order chi connectivity index (χ1) is 12.5. The molecule has 1 fully saturated rings. The molecule has 0 atom stereocenters. The van der Waals surface area contributed by atoms with Gasteiger partial charge < -0.3 is 10.1 Å².